The van der Waals surface area contributed by atoms with Crippen LogP contribution in [-0.2, 0) is 7.05 Å². The molecule has 0 amide bonds. The Bertz CT molecular complexity index is 708. The lowest BCUT2D eigenvalue weighted by atomic mass is 10.2. The number of anilines is 1. The van der Waals surface area contributed by atoms with Gasteiger partial charge in [0.15, 0.2) is 5.65 Å². The number of imidazole rings is 1. The van der Waals surface area contributed by atoms with E-state index in [2.05, 4.69) is 22.0 Å². The Morgan fingerprint density at radius 2 is 2.26 bits per heavy atom. The summed E-state index contributed by atoms with van der Waals surface area (Å²) in [4.78, 5) is 8.86. The van der Waals surface area contributed by atoms with Gasteiger partial charge in [-0.15, -0.1) is 11.3 Å². The van der Waals surface area contributed by atoms with Crippen LogP contribution >= 0.6 is 11.3 Å². The van der Waals surface area contributed by atoms with Gasteiger partial charge in [0, 0.05) is 18.6 Å². The van der Waals surface area contributed by atoms with Crippen molar-refractivity contribution in [2.45, 2.75) is 26.3 Å². The third kappa shape index (κ3) is 1.73. The lowest BCUT2D eigenvalue weighted by molar-refractivity contribution is 0.569. The first kappa shape index (κ1) is 12.2. The number of nitrogens with zero attached hydrogens (tertiary/aromatic N) is 5. The lowest BCUT2D eigenvalue weighted by Gasteiger charge is -2.16. The maximum atomic E-state index is 6.11. The second-order valence-corrected chi connectivity index (χ2v) is 5.44. The molecule has 0 aliphatic carbocycles. The van der Waals surface area contributed by atoms with Crippen LogP contribution in [0, 0.1) is 6.92 Å². The van der Waals surface area contributed by atoms with Crippen LogP contribution in [0.4, 0.5) is 5.95 Å². The van der Waals surface area contributed by atoms with Gasteiger partial charge in [0.05, 0.1) is 11.7 Å². The number of hydrogen-bond acceptors (Lipinski definition) is 5. The van der Waals surface area contributed by atoms with Crippen molar-refractivity contribution in [2.24, 2.45) is 7.05 Å². The summed E-state index contributed by atoms with van der Waals surface area (Å²) >= 11 is 1.64. The number of nitrogens with two attached hydrogens (primary N) is 1. The van der Waals surface area contributed by atoms with Gasteiger partial charge in [0.2, 0.25) is 5.95 Å². The minimum absolute atomic E-state index is 0.111. The molecule has 100 valence electrons. The second kappa shape index (κ2) is 4.34. The van der Waals surface area contributed by atoms with E-state index in [9.17, 15) is 0 Å². The molecule has 0 saturated heterocycles. The minimum Gasteiger partial charge on any atom is -0.369 e. The Hall–Kier alpha value is -1.89. The fraction of sp³-hybridized carbons (Fsp3) is 0.417. The highest BCUT2D eigenvalue weighted by atomic mass is 32.1. The molecule has 0 fully saturated rings. The predicted molar refractivity (Wildman–Crippen MR) is 76.2 cm³/mol. The molecule has 0 saturated carbocycles. The van der Waals surface area contributed by atoms with Gasteiger partial charge in [-0.2, -0.15) is 5.10 Å². The summed E-state index contributed by atoms with van der Waals surface area (Å²) in [6, 6.07) is 0.111. The SMILES string of the molecule is CCC(c1nccs1)n1c(N)nc2c(C)nn(C)c21. The van der Waals surface area contributed by atoms with Crippen LogP contribution in [0.2, 0.25) is 0 Å². The summed E-state index contributed by atoms with van der Waals surface area (Å²) < 4.78 is 3.87. The number of nitrogen functional groups attached to an aromatic ring is 1. The zero-order chi connectivity index (χ0) is 13.6. The number of thiazole rings is 1. The molecular formula is C12H16N6S. The highest BCUT2D eigenvalue weighted by Crippen LogP contribution is 2.31. The van der Waals surface area contributed by atoms with Crippen LogP contribution in [0.3, 0.4) is 0 Å². The predicted octanol–water partition coefficient (Wildman–Crippen LogP) is 2.12. The average molecular weight is 276 g/mol. The van der Waals surface area contributed by atoms with Gasteiger partial charge in [-0.05, 0) is 13.3 Å². The molecule has 1 atom stereocenters. The van der Waals surface area contributed by atoms with Gasteiger partial charge in [-0.1, -0.05) is 6.92 Å². The van der Waals surface area contributed by atoms with E-state index in [4.69, 9.17) is 5.73 Å². The highest BCUT2D eigenvalue weighted by Gasteiger charge is 2.23. The highest BCUT2D eigenvalue weighted by molar-refractivity contribution is 7.09. The summed E-state index contributed by atoms with van der Waals surface area (Å²) in [5.74, 6) is 0.521. The third-order valence-electron chi connectivity index (χ3n) is 3.30. The second-order valence-electron chi connectivity index (χ2n) is 4.52. The van der Waals surface area contributed by atoms with Gasteiger partial charge in [0.25, 0.3) is 0 Å². The van der Waals surface area contributed by atoms with Crippen molar-refractivity contribution in [3.8, 4) is 0 Å². The van der Waals surface area contributed by atoms with Gasteiger partial charge in [-0.3, -0.25) is 9.25 Å². The van der Waals surface area contributed by atoms with Gasteiger partial charge in [-0.25, -0.2) is 9.97 Å². The van der Waals surface area contributed by atoms with Gasteiger partial charge >= 0.3 is 0 Å². The molecule has 6 nitrogen and oxygen atoms in total. The molecule has 0 spiro atoms. The zero-order valence-electron chi connectivity index (χ0n) is 11.2. The van der Waals surface area contributed by atoms with E-state index < -0.39 is 0 Å². The Labute approximate surface area is 114 Å². The monoisotopic (exact) mass is 276 g/mol. The van der Waals surface area contributed by atoms with Crippen LogP contribution in [0.5, 0.6) is 0 Å². The van der Waals surface area contributed by atoms with E-state index >= 15 is 0 Å². The summed E-state index contributed by atoms with van der Waals surface area (Å²) in [6.07, 6.45) is 2.73. The molecule has 19 heavy (non-hydrogen) atoms. The zero-order valence-corrected chi connectivity index (χ0v) is 12.0. The van der Waals surface area contributed by atoms with Crippen molar-refractivity contribution >= 4 is 28.4 Å². The fourth-order valence-electron chi connectivity index (χ4n) is 2.49. The third-order valence-corrected chi connectivity index (χ3v) is 4.17. The molecule has 3 aromatic rings. The van der Waals surface area contributed by atoms with Crippen molar-refractivity contribution in [1.82, 2.24) is 24.3 Å². The molecule has 3 heterocycles. The van der Waals surface area contributed by atoms with Crippen molar-refractivity contribution in [3.63, 3.8) is 0 Å². The van der Waals surface area contributed by atoms with Crippen LogP contribution < -0.4 is 5.73 Å². The van der Waals surface area contributed by atoms with Gasteiger partial charge in [0.1, 0.15) is 10.5 Å². The fourth-order valence-corrected chi connectivity index (χ4v) is 3.30. The van der Waals surface area contributed by atoms with E-state index in [1.165, 1.54) is 0 Å². The first-order chi connectivity index (χ1) is 9.13. The summed E-state index contributed by atoms with van der Waals surface area (Å²) in [5, 5.41) is 7.44. The summed E-state index contributed by atoms with van der Waals surface area (Å²) in [5.41, 5.74) is 8.83. The Kier molecular flexibility index (Phi) is 2.78. The van der Waals surface area contributed by atoms with E-state index in [1.807, 2.05) is 34.8 Å². The Balaban J connectivity index is 2.26. The first-order valence-corrected chi connectivity index (χ1v) is 7.07. The van der Waals surface area contributed by atoms with Crippen LogP contribution in [-0.4, -0.2) is 24.3 Å². The molecular weight excluding hydrogens is 260 g/mol. The van der Waals surface area contributed by atoms with E-state index in [0.29, 0.717) is 5.95 Å². The number of hydrogen-bond donors (Lipinski definition) is 1. The van der Waals surface area contributed by atoms with E-state index in [1.54, 1.807) is 11.3 Å². The molecule has 3 aromatic heterocycles. The van der Waals surface area contributed by atoms with Crippen LogP contribution in [0.1, 0.15) is 30.1 Å². The summed E-state index contributed by atoms with van der Waals surface area (Å²) in [6.45, 7) is 4.07. The van der Waals surface area contributed by atoms with Crippen LogP contribution in [0.15, 0.2) is 11.6 Å². The molecule has 0 radical (unpaired) electrons. The smallest absolute Gasteiger partial charge is 0.203 e. The first-order valence-electron chi connectivity index (χ1n) is 6.19. The number of aryl methyl sites for hydroxylation is 2. The van der Waals surface area contributed by atoms with Crippen molar-refractivity contribution < 1.29 is 0 Å². The molecule has 2 N–H and O–H groups in total. The largest absolute Gasteiger partial charge is 0.369 e. The molecule has 0 aliphatic heterocycles. The molecule has 1 unspecified atom stereocenters. The van der Waals surface area contributed by atoms with Crippen LogP contribution in [0.25, 0.3) is 11.2 Å². The van der Waals surface area contributed by atoms with E-state index in [0.717, 1.165) is 28.3 Å². The molecule has 0 aliphatic rings. The maximum Gasteiger partial charge on any atom is 0.203 e. The topological polar surface area (TPSA) is 74.6 Å². The van der Waals surface area contributed by atoms with Gasteiger partial charge < -0.3 is 5.73 Å². The molecule has 3 rings (SSSR count). The normalized spacial score (nSPS) is 13.2. The average Bonchev–Trinajstić information content (AvgIpc) is 3.04. The van der Waals surface area contributed by atoms with Crippen molar-refractivity contribution in [2.75, 3.05) is 5.73 Å². The summed E-state index contributed by atoms with van der Waals surface area (Å²) in [7, 11) is 1.92. The van der Waals surface area contributed by atoms with E-state index in [-0.39, 0.29) is 6.04 Å². The molecule has 0 aromatic carbocycles. The quantitative estimate of drug-likeness (QED) is 0.795. The number of fused-ring (bicyclic) bond motifs is 1. The van der Waals surface area contributed by atoms with Crippen molar-refractivity contribution in [3.05, 3.63) is 22.3 Å². The Morgan fingerprint density at radius 3 is 2.89 bits per heavy atom. The Morgan fingerprint density at radius 1 is 1.47 bits per heavy atom. The maximum absolute atomic E-state index is 6.11. The number of aromatic nitrogens is 5. The standard InChI is InChI=1S/C12H16N6S/c1-4-8(10-14-5-6-19-10)18-11-9(15-12(18)13)7(2)16-17(11)3/h5-6,8H,4H2,1-3H3,(H2,13,15). The lowest BCUT2D eigenvalue weighted by Crippen LogP contribution is -2.14. The van der Waals surface area contributed by atoms with Crippen molar-refractivity contribution in [1.29, 1.82) is 0 Å². The molecule has 7 heteroatoms. The molecule has 0 bridgehead atoms. The number of rotatable bonds is 3. The minimum atomic E-state index is 0.111.